The standard InChI is InChI=1S/C29H29N3O3/c1-19-26(33)25(20-13-17-24(35-5)18-14-20)27(32(31-19)23-9-7-6-8-10-23)30-28(34)21-11-15-22(16-12-21)29(2,3)4/h6-18H,1-5H3,(H,30,34). The molecule has 0 saturated carbocycles. The van der Waals surface area contributed by atoms with E-state index in [1.807, 2.05) is 42.5 Å². The van der Waals surface area contributed by atoms with Crippen LogP contribution in [0, 0.1) is 6.92 Å². The van der Waals surface area contributed by atoms with Crippen LogP contribution < -0.4 is 15.5 Å². The molecule has 4 rings (SSSR count). The van der Waals surface area contributed by atoms with Crippen LogP contribution in [0.2, 0.25) is 0 Å². The lowest BCUT2D eigenvalue weighted by atomic mass is 9.87. The number of carbonyl (C=O) groups excluding carboxylic acids is 1. The van der Waals surface area contributed by atoms with Crippen molar-refractivity contribution in [3.63, 3.8) is 0 Å². The van der Waals surface area contributed by atoms with Gasteiger partial charge in [-0.25, -0.2) is 4.68 Å². The number of amides is 1. The number of anilines is 1. The van der Waals surface area contributed by atoms with Gasteiger partial charge in [-0.15, -0.1) is 0 Å². The number of ether oxygens (including phenoxy) is 1. The van der Waals surface area contributed by atoms with Crippen molar-refractivity contribution in [2.45, 2.75) is 33.1 Å². The van der Waals surface area contributed by atoms with Crippen molar-refractivity contribution < 1.29 is 9.53 Å². The third-order valence-electron chi connectivity index (χ3n) is 5.88. The Bertz CT molecular complexity index is 1400. The summed E-state index contributed by atoms with van der Waals surface area (Å²) in [5.74, 6) is 0.657. The topological polar surface area (TPSA) is 73.2 Å². The minimum absolute atomic E-state index is 0.0226. The fraction of sp³-hybridized carbons (Fsp3) is 0.207. The predicted octanol–water partition coefficient (Wildman–Crippen LogP) is 5.77. The van der Waals surface area contributed by atoms with E-state index in [1.54, 1.807) is 55.1 Å². The number of aromatic nitrogens is 2. The van der Waals surface area contributed by atoms with Gasteiger partial charge >= 0.3 is 0 Å². The van der Waals surface area contributed by atoms with Crippen LogP contribution in [-0.4, -0.2) is 22.8 Å². The number of hydrogen-bond acceptors (Lipinski definition) is 4. The number of rotatable bonds is 5. The van der Waals surface area contributed by atoms with Crippen LogP contribution in [-0.2, 0) is 5.41 Å². The average molecular weight is 468 g/mol. The van der Waals surface area contributed by atoms with E-state index >= 15 is 0 Å². The van der Waals surface area contributed by atoms with Gasteiger partial charge in [0.1, 0.15) is 17.3 Å². The highest BCUT2D eigenvalue weighted by molar-refractivity contribution is 6.05. The summed E-state index contributed by atoms with van der Waals surface area (Å²) in [6, 6.07) is 24.1. The first-order chi connectivity index (χ1) is 16.7. The molecule has 0 aliphatic carbocycles. The first kappa shape index (κ1) is 24.0. The molecule has 0 bridgehead atoms. The molecule has 0 spiro atoms. The van der Waals surface area contributed by atoms with E-state index in [0.717, 1.165) is 11.3 Å². The Balaban J connectivity index is 1.87. The fourth-order valence-electron chi connectivity index (χ4n) is 3.84. The molecule has 3 aromatic carbocycles. The van der Waals surface area contributed by atoms with Gasteiger partial charge in [-0.05, 0) is 59.9 Å². The third kappa shape index (κ3) is 5.01. The summed E-state index contributed by atoms with van der Waals surface area (Å²) in [7, 11) is 1.59. The number of para-hydroxylation sites is 1. The molecule has 0 saturated heterocycles. The Hall–Kier alpha value is -4.19. The first-order valence-electron chi connectivity index (χ1n) is 11.4. The molecule has 1 N–H and O–H groups in total. The molecule has 35 heavy (non-hydrogen) atoms. The lowest BCUT2D eigenvalue weighted by Gasteiger charge is -2.20. The average Bonchev–Trinajstić information content (AvgIpc) is 2.86. The Morgan fingerprint density at radius 2 is 1.54 bits per heavy atom. The van der Waals surface area contributed by atoms with E-state index in [1.165, 1.54) is 0 Å². The summed E-state index contributed by atoms with van der Waals surface area (Å²) >= 11 is 0. The number of benzene rings is 3. The van der Waals surface area contributed by atoms with Gasteiger partial charge in [0.15, 0.2) is 0 Å². The van der Waals surface area contributed by atoms with Crippen LogP contribution in [0.3, 0.4) is 0 Å². The minimum Gasteiger partial charge on any atom is -0.497 e. The van der Waals surface area contributed by atoms with Gasteiger partial charge in [-0.3, -0.25) is 9.59 Å². The van der Waals surface area contributed by atoms with Crippen molar-refractivity contribution in [3.05, 3.63) is 106 Å². The molecule has 178 valence electrons. The zero-order chi connectivity index (χ0) is 25.2. The van der Waals surface area contributed by atoms with Crippen molar-refractivity contribution in [1.29, 1.82) is 0 Å². The highest BCUT2D eigenvalue weighted by atomic mass is 16.5. The summed E-state index contributed by atoms with van der Waals surface area (Å²) in [6.45, 7) is 8.05. The molecule has 0 atom stereocenters. The van der Waals surface area contributed by atoms with Gasteiger partial charge in [-0.2, -0.15) is 5.10 Å². The van der Waals surface area contributed by atoms with E-state index in [4.69, 9.17) is 4.74 Å². The molecule has 6 nitrogen and oxygen atoms in total. The summed E-state index contributed by atoms with van der Waals surface area (Å²) in [6.07, 6.45) is 0. The van der Waals surface area contributed by atoms with Crippen molar-refractivity contribution >= 4 is 11.7 Å². The lowest BCUT2D eigenvalue weighted by molar-refractivity contribution is 0.102. The van der Waals surface area contributed by atoms with Crippen molar-refractivity contribution in [1.82, 2.24) is 9.78 Å². The summed E-state index contributed by atoms with van der Waals surface area (Å²) in [5, 5.41) is 7.50. The number of nitrogens with one attached hydrogen (secondary N) is 1. The van der Waals surface area contributed by atoms with E-state index < -0.39 is 0 Å². The van der Waals surface area contributed by atoms with Crippen molar-refractivity contribution in [3.8, 4) is 22.6 Å². The molecular formula is C29H29N3O3. The highest BCUT2D eigenvalue weighted by Crippen LogP contribution is 2.29. The second kappa shape index (κ2) is 9.58. The molecule has 6 heteroatoms. The van der Waals surface area contributed by atoms with Gasteiger partial charge in [0.25, 0.3) is 5.91 Å². The molecule has 0 unspecified atom stereocenters. The molecule has 0 aliphatic rings. The van der Waals surface area contributed by atoms with Gasteiger partial charge in [-0.1, -0.05) is 63.2 Å². The SMILES string of the molecule is COc1ccc(-c2c(NC(=O)c3ccc(C(C)(C)C)cc3)n(-c3ccccc3)nc(C)c2=O)cc1. The number of hydrogen-bond donors (Lipinski definition) is 1. The van der Waals surface area contributed by atoms with Crippen molar-refractivity contribution in [2.24, 2.45) is 0 Å². The van der Waals surface area contributed by atoms with E-state index in [-0.39, 0.29) is 16.8 Å². The molecular weight excluding hydrogens is 438 g/mol. The molecule has 0 aliphatic heterocycles. The normalized spacial score (nSPS) is 11.2. The van der Waals surface area contributed by atoms with Gasteiger partial charge < -0.3 is 10.1 Å². The Morgan fingerprint density at radius 3 is 2.11 bits per heavy atom. The third-order valence-corrected chi connectivity index (χ3v) is 5.88. The molecule has 1 aromatic heterocycles. The predicted molar refractivity (Wildman–Crippen MR) is 140 cm³/mol. The number of nitrogens with zero attached hydrogens (tertiary/aromatic N) is 2. The number of methoxy groups -OCH3 is 1. The summed E-state index contributed by atoms with van der Waals surface area (Å²) in [4.78, 5) is 26.7. The molecule has 0 radical (unpaired) electrons. The van der Waals surface area contributed by atoms with Gasteiger partial charge in [0, 0.05) is 5.56 Å². The zero-order valence-corrected chi connectivity index (χ0v) is 20.6. The zero-order valence-electron chi connectivity index (χ0n) is 20.6. The van der Waals surface area contributed by atoms with Crippen LogP contribution >= 0.6 is 0 Å². The van der Waals surface area contributed by atoms with Crippen LogP contribution in [0.15, 0.2) is 83.7 Å². The maximum absolute atomic E-state index is 13.4. The fourth-order valence-corrected chi connectivity index (χ4v) is 3.84. The quantitative estimate of drug-likeness (QED) is 0.405. The molecule has 1 heterocycles. The summed E-state index contributed by atoms with van der Waals surface area (Å²) < 4.78 is 6.88. The molecule has 1 amide bonds. The highest BCUT2D eigenvalue weighted by Gasteiger charge is 2.21. The molecule has 0 fully saturated rings. The van der Waals surface area contributed by atoms with E-state index in [9.17, 15) is 9.59 Å². The number of aryl methyl sites for hydroxylation is 1. The number of carbonyl (C=O) groups is 1. The van der Waals surface area contributed by atoms with Crippen LogP contribution in [0.4, 0.5) is 5.82 Å². The Kier molecular flexibility index (Phi) is 6.56. The monoisotopic (exact) mass is 467 g/mol. The minimum atomic E-state index is -0.324. The first-order valence-corrected chi connectivity index (χ1v) is 11.4. The molecule has 4 aromatic rings. The largest absolute Gasteiger partial charge is 0.497 e. The second-order valence-corrected chi connectivity index (χ2v) is 9.40. The Morgan fingerprint density at radius 1 is 0.914 bits per heavy atom. The van der Waals surface area contributed by atoms with Gasteiger partial charge in [0.05, 0.1) is 18.4 Å². The smallest absolute Gasteiger partial charge is 0.256 e. The second-order valence-electron chi connectivity index (χ2n) is 9.40. The van der Waals surface area contributed by atoms with Crippen LogP contribution in [0.1, 0.15) is 42.4 Å². The van der Waals surface area contributed by atoms with Crippen LogP contribution in [0.25, 0.3) is 16.8 Å². The maximum atomic E-state index is 13.4. The summed E-state index contributed by atoms with van der Waals surface area (Å²) in [5.41, 5.74) is 3.42. The Labute approximate surface area is 205 Å². The van der Waals surface area contributed by atoms with Crippen LogP contribution in [0.5, 0.6) is 5.75 Å². The van der Waals surface area contributed by atoms with Gasteiger partial charge in [0.2, 0.25) is 5.43 Å². The maximum Gasteiger partial charge on any atom is 0.256 e. The lowest BCUT2D eigenvalue weighted by Crippen LogP contribution is -2.25. The van der Waals surface area contributed by atoms with E-state index in [2.05, 4.69) is 31.2 Å². The van der Waals surface area contributed by atoms with E-state index in [0.29, 0.717) is 34.0 Å². The van der Waals surface area contributed by atoms with Crippen molar-refractivity contribution in [2.75, 3.05) is 12.4 Å².